The Labute approximate surface area is 208 Å². The molecule has 2 bridgehead atoms. The number of amides is 1. The Hall–Kier alpha value is -3.42. The Morgan fingerprint density at radius 1 is 1.24 bits per heavy atom. The second-order valence-electron chi connectivity index (χ2n) is 10.2. The molecule has 7 rings (SSSR count). The number of fused-ring (bicyclic) bond motifs is 1. The molecule has 198 valence electrons. The first-order chi connectivity index (χ1) is 17.6. The molecule has 4 aliphatic rings. The highest BCUT2D eigenvalue weighted by Gasteiger charge is 2.58. The highest BCUT2D eigenvalue weighted by molar-refractivity contribution is 5.69. The molecule has 4 fully saturated rings. The first kappa shape index (κ1) is 23.9. The summed E-state index contributed by atoms with van der Waals surface area (Å²) in [5.74, 6) is 0.793. The molecule has 4 saturated carbocycles. The number of halogens is 4. The number of H-pyrrole nitrogens is 1. The second kappa shape index (κ2) is 8.57. The van der Waals surface area contributed by atoms with Gasteiger partial charge in [-0.2, -0.15) is 5.10 Å². The molecule has 0 spiro atoms. The van der Waals surface area contributed by atoms with Crippen LogP contribution >= 0.6 is 0 Å². The minimum absolute atomic E-state index is 0.0748. The van der Waals surface area contributed by atoms with E-state index in [2.05, 4.69) is 35.5 Å². The third-order valence-electron chi connectivity index (χ3n) is 7.42. The van der Waals surface area contributed by atoms with Crippen molar-refractivity contribution in [3.8, 4) is 0 Å². The van der Waals surface area contributed by atoms with E-state index in [1.807, 2.05) is 0 Å². The first-order valence-electron chi connectivity index (χ1n) is 12.1. The van der Waals surface area contributed by atoms with Crippen LogP contribution in [0.3, 0.4) is 0 Å². The van der Waals surface area contributed by atoms with Crippen LogP contribution in [0, 0.1) is 12.8 Å². The number of alkyl carbamates (subject to hydrolysis) is 1. The van der Waals surface area contributed by atoms with Crippen LogP contribution in [0.4, 0.5) is 34.1 Å². The van der Waals surface area contributed by atoms with Crippen molar-refractivity contribution in [3.05, 3.63) is 35.4 Å². The molecule has 37 heavy (non-hydrogen) atoms. The Morgan fingerprint density at radius 2 is 2.03 bits per heavy atom. The van der Waals surface area contributed by atoms with Crippen molar-refractivity contribution < 1.29 is 31.8 Å². The zero-order valence-electron chi connectivity index (χ0n) is 19.8. The number of nitrogens with zero attached hydrogens (tertiary/aromatic N) is 4. The molecule has 14 heteroatoms. The average molecular weight is 523 g/mol. The summed E-state index contributed by atoms with van der Waals surface area (Å²) in [4.78, 5) is 20.8. The van der Waals surface area contributed by atoms with E-state index in [1.54, 1.807) is 19.1 Å². The van der Waals surface area contributed by atoms with Crippen LogP contribution in [-0.4, -0.2) is 54.8 Å². The van der Waals surface area contributed by atoms with E-state index < -0.39 is 37.3 Å². The Bertz CT molecular complexity index is 1320. The number of ether oxygens (including phenoxy) is 2. The monoisotopic (exact) mass is 523 g/mol. The molecule has 0 aliphatic heterocycles. The van der Waals surface area contributed by atoms with Crippen molar-refractivity contribution in [1.82, 2.24) is 29.9 Å². The zero-order chi connectivity index (χ0) is 25.9. The van der Waals surface area contributed by atoms with Gasteiger partial charge in [-0.05, 0) is 44.9 Å². The van der Waals surface area contributed by atoms with E-state index in [0.717, 1.165) is 19.3 Å². The van der Waals surface area contributed by atoms with Gasteiger partial charge < -0.3 is 15.4 Å². The van der Waals surface area contributed by atoms with Gasteiger partial charge in [0, 0.05) is 41.2 Å². The fourth-order valence-electron chi connectivity index (χ4n) is 5.56. The van der Waals surface area contributed by atoms with E-state index in [4.69, 9.17) is 4.74 Å². The molecule has 3 heterocycles. The molecule has 3 atom stereocenters. The van der Waals surface area contributed by atoms with E-state index in [-0.39, 0.29) is 17.2 Å². The number of aromatic nitrogens is 5. The van der Waals surface area contributed by atoms with Crippen LogP contribution in [0.15, 0.2) is 18.3 Å². The number of aromatic amines is 1. The maximum atomic E-state index is 15.2. The predicted molar refractivity (Wildman–Crippen MR) is 121 cm³/mol. The molecule has 0 radical (unpaired) electrons. The number of hydrogen-bond acceptors (Lipinski definition) is 7. The van der Waals surface area contributed by atoms with Crippen LogP contribution in [-0.2, 0) is 16.1 Å². The number of alkyl halides is 4. The molecule has 3 aromatic rings. The van der Waals surface area contributed by atoms with Gasteiger partial charge in [-0.25, -0.2) is 19.2 Å². The lowest BCUT2D eigenvalue weighted by molar-refractivity contribution is -0.330. The first-order valence-corrected chi connectivity index (χ1v) is 12.1. The van der Waals surface area contributed by atoms with Crippen LogP contribution in [0.5, 0.6) is 0 Å². The Kier molecular flexibility index (Phi) is 5.55. The van der Waals surface area contributed by atoms with E-state index >= 15 is 4.39 Å². The van der Waals surface area contributed by atoms with Gasteiger partial charge in [-0.3, -0.25) is 14.2 Å². The number of nitrogens with one attached hydrogen (secondary N) is 3. The summed E-state index contributed by atoms with van der Waals surface area (Å²) in [7, 11) is 0. The van der Waals surface area contributed by atoms with Gasteiger partial charge in [0.1, 0.15) is 17.9 Å². The second-order valence-corrected chi connectivity index (χ2v) is 10.2. The highest BCUT2D eigenvalue weighted by Crippen LogP contribution is 2.57. The number of imidazole rings is 1. The van der Waals surface area contributed by atoms with Crippen molar-refractivity contribution in [2.24, 2.45) is 5.92 Å². The minimum atomic E-state index is -4.77. The van der Waals surface area contributed by atoms with E-state index in [1.165, 1.54) is 10.6 Å². The van der Waals surface area contributed by atoms with Crippen molar-refractivity contribution in [2.75, 3.05) is 5.32 Å². The van der Waals surface area contributed by atoms with Crippen molar-refractivity contribution in [3.63, 3.8) is 0 Å². The predicted octanol–water partition coefficient (Wildman–Crippen LogP) is 4.40. The molecule has 1 amide bonds. The van der Waals surface area contributed by atoms with E-state index in [9.17, 15) is 18.0 Å². The SMILES string of the molecule is Cc1cc2nc(COC(F)(F)F)cn2c(Nc2cc([C@H]3CC[C@@H](OC(=O)NC45CC(C4)C5)[C@@H]3F)[nH]n2)n1. The Morgan fingerprint density at radius 3 is 2.73 bits per heavy atom. The fraction of sp³-hybridized carbons (Fsp3) is 0.565. The summed E-state index contributed by atoms with van der Waals surface area (Å²) < 4.78 is 63.2. The summed E-state index contributed by atoms with van der Waals surface area (Å²) in [6.07, 6.45) is -2.37. The maximum Gasteiger partial charge on any atom is 0.522 e. The Balaban J connectivity index is 1.11. The lowest BCUT2D eigenvalue weighted by Gasteiger charge is -2.61. The van der Waals surface area contributed by atoms with Gasteiger partial charge >= 0.3 is 12.5 Å². The van der Waals surface area contributed by atoms with E-state index in [0.29, 0.717) is 41.6 Å². The summed E-state index contributed by atoms with van der Waals surface area (Å²) in [5.41, 5.74) is 1.44. The van der Waals surface area contributed by atoms with Crippen LogP contribution in [0.2, 0.25) is 0 Å². The molecular formula is C23H25F4N7O3. The lowest BCUT2D eigenvalue weighted by Crippen LogP contribution is -2.68. The normalized spacial score (nSPS) is 28.6. The summed E-state index contributed by atoms with van der Waals surface area (Å²) in [5, 5.41) is 12.9. The van der Waals surface area contributed by atoms with Crippen LogP contribution in [0.25, 0.3) is 5.65 Å². The third-order valence-corrected chi connectivity index (χ3v) is 7.42. The largest absolute Gasteiger partial charge is 0.522 e. The molecule has 0 unspecified atom stereocenters. The minimum Gasteiger partial charge on any atom is -0.443 e. The van der Waals surface area contributed by atoms with Gasteiger partial charge in [0.2, 0.25) is 5.95 Å². The topological polar surface area (TPSA) is 118 Å². The molecule has 4 aliphatic carbocycles. The fourth-order valence-corrected chi connectivity index (χ4v) is 5.56. The highest BCUT2D eigenvalue weighted by atomic mass is 19.4. The van der Waals surface area contributed by atoms with Crippen LogP contribution in [0.1, 0.15) is 55.1 Å². The summed E-state index contributed by atoms with van der Waals surface area (Å²) in [6.45, 7) is 0.983. The zero-order valence-corrected chi connectivity index (χ0v) is 19.8. The maximum absolute atomic E-state index is 15.2. The van der Waals surface area contributed by atoms with Gasteiger partial charge in [-0.1, -0.05) is 0 Å². The smallest absolute Gasteiger partial charge is 0.443 e. The number of aryl methyl sites for hydroxylation is 1. The van der Waals surface area contributed by atoms with Gasteiger partial charge in [0.15, 0.2) is 5.82 Å². The molecule has 10 nitrogen and oxygen atoms in total. The molecule has 0 saturated heterocycles. The third kappa shape index (κ3) is 4.69. The number of anilines is 2. The van der Waals surface area contributed by atoms with Crippen molar-refractivity contribution in [1.29, 1.82) is 0 Å². The lowest BCUT2D eigenvalue weighted by atomic mass is 9.50. The number of rotatable bonds is 7. The van der Waals surface area contributed by atoms with Gasteiger partial charge in [-0.15, -0.1) is 13.2 Å². The van der Waals surface area contributed by atoms with Crippen molar-refractivity contribution in [2.45, 2.75) is 75.7 Å². The number of carbonyl (C=O) groups is 1. The van der Waals surface area contributed by atoms with Gasteiger partial charge in [0.25, 0.3) is 0 Å². The molecule has 0 aromatic carbocycles. The summed E-state index contributed by atoms with van der Waals surface area (Å²) >= 11 is 0. The van der Waals surface area contributed by atoms with Gasteiger partial charge in [0.05, 0.1) is 12.3 Å². The standard InChI is InChI=1S/C23H25F4N7O3/c1-11-4-18-29-13(10-36-23(25,26)27)9-34(18)20(28-11)30-17-5-15(32-33-17)14-2-3-16(19(14)24)37-21(35)31-22-6-12(7-22)8-22/h4-5,9,12,14,16,19H,2-3,6-8,10H2,1H3,(H,31,35)(H2,28,30,32,33)/t12?,14-,16-,19-,22?/m1/s1. The van der Waals surface area contributed by atoms with Crippen LogP contribution < -0.4 is 10.6 Å². The molecule has 3 N–H and O–H groups in total. The number of hydrogen-bond donors (Lipinski definition) is 3. The molecule has 3 aromatic heterocycles. The average Bonchev–Trinajstić information content (AvgIpc) is 3.47. The number of carbonyl (C=O) groups excluding carboxylic acids is 1. The summed E-state index contributed by atoms with van der Waals surface area (Å²) in [6, 6.07) is 3.26. The molecular weight excluding hydrogens is 498 g/mol. The van der Waals surface area contributed by atoms with Crippen molar-refractivity contribution >= 4 is 23.5 Å². The quantitative estimate of drug-likeness (QED) is 0.393.